The van der Waals surface area contributed by atoms with E-state index in [2.05, 4.69) is 45.5 Å². The predicted octanol–water partition coefficient (Wildman–Crippen LogP) is 7.51. The Kier molecular flexibility index (Phi) is 8.79. The van der Waals surface area contributed by atoms with Crippen LogP contribution in [0.25, 0.3) is 28.2 Å². The standard InChI is InChI=1S/C40H43N3O5/c1-25(44)34(45)21-16-26-14-18-29(19-15-26)41-39(47)40(22-8-9-23-40)42-37(46)28-17-20-32-33(24-28)43-36(35(32)27-10-4-3-5-11-27)30-12-6-7-13-31(30)38(43)48-2/h6-7,12-21,24-25,27,38,44H,3-5,8-11,22-23H2,1-2H3,(H,41,47)(H,42,46)/b21-16+. The normalized spacial score (nSPS) is 19.3. The highest BCUT2D eigenvalue weighted by Gasteiger charge is 2.43. The van der Waals surface area contributed by atoms with Gasteiger partial charge in [0, 0.05) is 34.9 Å². The second-order valence-corrected chi connectivity index (χ2v) is 13.6. The third-order valence-corrected chi connectivity index (χ3v) is 10.5. The molecule has 2 aliphatic carbocycles. The maximum absolute atomic E-state index is 14.0. The van der Waals surface area contributed by atoms with Gasteiger partial charge in [0.25, 0.3) is 5.91 Å². The van der Waals surface area contributed by atoms with Crippen molar-refractivity contribution in [3.63, 3.8) is 0 Å². The number of methoxy groups -OCH3 is 1. The number of ketones is 1. The van der Waals surface area contributed by atoms with E-state index in [1.165, 1.54) is 54.5 Å². The number of ether oxygens (including phenoxy) is 1. The van der Waals surface area contributed by atoms with Crippen LogP contribution in [0.5, 0.6) is 0 Å². The van der Waals surface area contributed by atoms with Crippen molar-refractivity contribution >= 4 is 40.3 Å². The highest BCUT2D eigenvalue weighted by atomic mass is 16.5. The largest absolute Gasteiger partial charge is 0.385 e. The molecule has 3 N–H and O–H groups in total. The monoisotopic (exact) mass is 645 g/mol. The lowest BCUT2D eigenvalue weighted by Gasteiger charge is -2.29. The topological polar surface area (TPSA) is 110 Å². The van der Waals surface area contributed by atoms with E-state index in [-0.39, 0.29) is 23.8 Å². The molecule has 3 aromatic carbocycles. The van der Waals surface area contributed by atoms with E-state index < -0.39 is 11.6 Å². The summed E-state index contributed by atoms with van der Waals surface area (Å²) in [4.78, 5) is 39.5. The second-order valence-electron chi connectivity index (χ2n) is 13.6. The van der Waals surface area contributed by atoms with Crippen LogP contribution in [0.1, 0.15) is 104 Å². The Morgan fingerprint density at radius 2 is 1.69 bits per heavy atom. The van der Waals surface area contributed by atoms with Gasteiger partial charge in [-0.05, 0) is 80.0 Å². The quantitative estimate of drug-likeness (QED) is 0.163. The Morgan fingerprint density at radius 3 is 2.40 bits per heavy atom. The van der Waals surface area contributed by atoms with Gasteiger partial charge < -0.3 is 25.0 Å². The zero-order valence-corrected chi connectivity index (χ0v) is 27.6. The van der Waals surface area contributed by atoms with E-state index in [1.807, 2.05) is 12.1 Å². The molecule has 3 aliphatic rings. The van der Waals surface area contributed by atoms with Crippen molar-refractivity contribution in [2.24, 2.45) is 0 Å². The van der Waals surface area contributed by atoms with Crippen LogP contribution in [0.2, 0.25) is 0 Å². The second kappa shape index (κ2) is 13.2. The summed E-state index contributed by atoms with van der Waals surface area (Å²) < 4.78 is 8.38. The maximum Gasteiger partial charge on any atom is 0.252 e. The van der Waals surface area contributed by atoms with Gasteiger partial charge in [0.15, 0.2) is 12.0 Å². The zero-order valence-electron chi connectivity index (χ0n) is 27.6. The summed E-state index contributed by atoms with van der Waals surface area (Å²) in [5.74, 6) is -0.417. The average molecular weight is 646 g/mol. The molecule has 1 aromatic heterocycles. The van der Waals surface area contributed by atoms with Crippen LogP contribution in [-0.4, -0.2) is 46.0 Å². The number of hydrogen-bond acceptors (Lipinski definition) is 5. The molecule has 2 atom stereocenters. The first-order valence-electron chi connectivity index (χ1n) is 17.2. The molecular formula is C40H43N3O5. The SMILES string of the molecule is COC1c2ccccc2-c2c(C3CCCCC3)c3ccc(C(=O)NC4(C(=O)Nc5ccc(/C=C/C(=O)C(C)O)cc5)CCCC4)cc3n21. The fourth-order valence-corrected chi connectivity index (χ4v) is 8.02. The molecule has 8 heteroatoms. The van der Waals surface area contributed by atoms with Gasteiger partial charge >= 0.3 is 0 Å². The number of aromatic nitrogens is 1. The van der Waals surface area contributed by atoms with Crippen LogP contribution in [0.4, 0.5) is 5.69 Å². The van der Waals surface area contributed by atoms with Gasteiger partial charge in [-0.3, -0.25) is 14.4 Å². The lowest BCUT2D eigenvalue weighted by Crippen LogP contribution is -2.55. The van der Waals surface area contributed by atoms with Gasteiger partial charge in [0.2, 0.25) is 5.91 Å². The summed E-state index contributed by atoms with van der Waals surface area (Å²) in [6, 6.07) is 21.6. The number of rotatable bonds is 9. The van der Waals surface area contributed by atoms with Gasteiger partial charge in [-0.15, -0.1) is 0 Å². The van der Waals surface area contributed by atoms with Crippen molar-refractivity contribution in [3.05, 3.63) is 95.1 Å². The van der Waals surface area contributed by atoms with Crippen molar-refractivity contribution in [3.8, 4) is 11.3 Å². The maximum atomic E-state index is 14.0. The summed E-state index contributed by atoms with van der Waals surface area (Å²) in [7, 11) is 1.74. The van der Waals surface area contributed by atoms with E-state index in [0.29, 0.717) is 30.0 Å². The number of fused-ring (bicyclic) bond motifs is 5. The molecule has 4 aromatic rings. The lowest BCUT2D eigenvalue weighted by molar-refractivity contribution is -0.122. The number of carbonyl (C=O) groups excluding carboxylic acids is 3. The molecule has 2 saturated carbocycles. The number of anilines is 1. The van der Waals surface area contributed by atoms with Crippen molar-refractivity contribution < 1.29 is 24.2 Å². The number of carbonyl (C=O) groups is 3. The third kappa shape index (κ3) is 5.77. The van der Waals surface area contributed by atoms with E-state index in [9.17, 15) is 19.5 Å². The molecule has 7 rings (SSSR count). The summed E-state index contributed by atoms with van der Waals surface area (Å²) in [5.41, 5.74) is 6.77. The first-order valence-corrected chi connectivity index (χ1v) is 17.2. The molecule has 0 radical (unpaired) electrons. The number of aliphatic hydroxyl groups is 1. The molecule has 0 bridgehead atoms. The first kappa shape index (κ1) is 32.0. The summed E-state index contributed by atoms with van der Waals surface area (Å²) >= 11 is 0. The van der Waals surface area contributed by atoms with Gasteiger partial charge in [-0.25, -0.2) is 0 Å². The molecule has 2 heterocycles. The molecular weight excluding hydrogens is 602 g/mol. The molecule has 1 aliphatic heterocycles. The Balaban J connectivity index is 1.17. The van der Waals surface area contributed by atoms with Crippen molar-refractivity contribution in [2.75, 3.05) is 12.4 Å². The van der Waals surface area contributed by atoms with Crippen LogP contribution in [-0.2, 0) is 14.3 Å². The number of hydrogen-bond donors (Lipinski definition) is 3. The summed E-state index contributed by atoms with van der Waals surface area (Å²) in [6.07, 6.45) is 10.5. The number of benzene rings is 3. The number of amides is 2. The van der Waals surface area contributed by atoms with Gasteiger partial charge in [0.1, 0.15) is 11.6 Å². The minimum absolute atomic E-state index is 0.236. The van der Waals surface area contributed by atoms with Crippen LogP contribution < -0.4 is 10.6 Å². The summed E-state index contributed by atoms with van der Waals surface area (Å²) in [5, 5.41) is 16.8. The highest BCUT2D eigenvalue weighted by Crippen LogP contribution is 2.51. The smallest absolute Gasteiger partial charge is 0.252 e. The third-order valence-electron chi connectivity index (χ3n) is 10.5. The van der Waals surface area contributed by atoms with Crippen LogP contribution >= 0.6 is 0 Å². The molecule has 0 saturated heterocycles. The minimum Gasteiger partial charge on any atom is -0.385 e. The number of nitrogens with one attached hydrogen (secondary N) is 2. The minimum atomic E-state index is -1.05. The van der Waals surface area contributed by atoms with Crippen molar-refractivity contribution in [2.45, 2.75) is 88.5 Å². The lowest BCUT2D eigenvalue weighted by atomic mass is 9.81. The fourth-order valence-electron chi connectivity index (χ4n) is 8.02. The molecule has 248 valence electrons. The van der Waals surface area contributed by atoms with E-state index in [0.717, 1.165) is 42.3 Å². The van der Waals surface area contributed by atoms with Gasteiger partial charge in [0.05, 0.1) is 11.2 Å². The Hall–Kier alpha value is -4.53. The number of aliphatic hydroxyl groups excluding tert-OH is 1. The van der Waals surface area contributed by atoms with Crippen LogP contribution in [0.15, 0.2) is 72.8 Å². The van der Waals surface area contributed by atoms with Gasteiger partial charge in [-0.1, -0.05) is 80.6 Å². The van der Waals surface area contributed by atoms with E-state index in [1.54, 1.807) is 37.5 Å². The molecule has 2 fully saturated rings. The van der Waals surface area contributed by atoms with Crippen molar-refractivity contribution in [1.82, 2.24) is 9.88 Å². The first-order chi connectivity index (χ1) is 23.3. The van der Waals surface area contributed by atoms with E-state index >= 15 is 0 Å². The molecule has 2 amide bonds. The molecule has 0 spiro atoms. The van der Waals surface area contributed by atoms with E-state index in [4.69, 9.17) is 4.74 Å². The molecule has 8 nitrogen and oxygen atoms in total. The number of nitrogens with zero attached hydrogens (tertiary/aromatic N) is 1. The molecule has 48 heavy (non-hydrogen) atoms. The van der Waals surface area contributed by atoms with Crippen LogP contribution in [0, 0.1) is 0 Å². The Bertz CT molecular complexity index is 1890. The Morgan fingerprint density at radius 1 is 0.958 bits per heavy atom. The fraction of sp³-hybridized carbons (Fsp3) is 0.375. The van der Waals surface area contributed by atoms with Gasteiger partial charge in [-0.2, -0.15) is 0 Å². The highest BCUT2D eigenvalue weighted by molar-refractivity contribution is 6.06. The van der Waals surface area contributed by atoms with Crippen molar-refractivity contribution in [1.29, 1.82) is 0 Å². The zero-order chi connectivity index (χ0) is 33.4. The summed E-state index contributed by atoms with van der Waals surface area (Å²) in [6.45, 7) is 1.43. The van der Waals surface area contributed by atoms with Crippen LogP contribution in [0.3, 0.4) is 0 Å². The molecule has 2 unspecified atom stereocenters. The predicted molar refractivity (Wildman–Crippen MR) is 188 cm³/mol. The average Bonchev–Trinajstić information content (AvgIpc) is 3.81. The Labute approximate surface area is 281 Å².